The van der Waals surface area contributed by atoms with E-state index in [2.05, 4.69) is 19.9 Å². The molecular formula is C13H23NO2. The van der Waals surface area contributed by atoms with E-state index in [1.165, 1.54) is 18.4 Å². The predicted octanol–water partition coefficient (Wildman–Crippen LogP) is 4.47. The fraction of sp³-hybridized carbons (Fsp3) is 0.692. The van der Waals surface area contributed by atoms with E-state index in [1.54, 1.807) is 13.0 Å². The maximum Gasteiger partial charge on any atom is 0.239 e. The van der Waals surface area contributed by atoms with Gasteiger partial charge in [-0.25, -0.2) is 0 Å². The summed E-state index contributed by atoms with van der Waals surface area (Å²) in [6.45, 7) is 5.78. The molecule has 0 aliphatic rings. The van der Waals surface area contributed by atoms with Crippen LogP contribution in [0.25, 0.3) is 0 Å². The van der Waals surface area contributed by atoms with Crippen molar-refractivity contribution in [1.82, 2.24) is 0 Å². The molecule has 3 heteroatoms. The van der Waals surface area contributed by atoms with Crippen LogP contribution in [0.5, 0.6) is 0 Å². The molecule has 0 aromatic rings. The van der Waals surface area contributed by atoms with E-state index in [0.29, 0.717) is 0 Å². The van der Waals surface area contributed by atoms with E-state index >= 15 is 0 Å². The van der Waals surface area contributed by atoms with Gasteiger partial charge in [0.05, 0.1) is 4.92 Å². The number of hydrogen-bond donors (Lipinski definition) is 0. The van der Waals surface area contributed by atoms with Gasteiger partial charge in [-0.05, 0) is 45.6 Å². The zero-order valence-corrected chi connectivity index (χ0v) is 10.7. The van der Waals surface area contributed by atoms with Crippen LogP contribution < -0.4 is 0 Å². The van der Waals surface area contributed by atoms with Gasteiger partial charge < -0.3 is 0 Å². The normalized spacial score (nSPS) is 11.3. The molecule has 0 atom stereocenters. The second-order valence-electron chi connectivity index (χ2n) is 4.38. The number of nitrogens with zero attached hydrogens (tertiary/aromatic N) is 1. The number of rotatable bonds is 8. The van der Waals surface area contributed by atoms with Crippen molar-refractivity contribution in [2.24, 2.45) is 0 Å². The SMILES string of the molecule is CC(C)=CCCCCCC/C=C(\C)[N+](=O)[O-]. The molecule has 0 saturated carbocycles. The molecular weight excluding hydrogens is 202 g/mol. The molecule has 0 spiro atoms. The molecule has 0 aliphatic carbocycles. The van der Waals surface area contributed by atoms with E-state index in [9.17, 15) is 10.1 Å². The van der Waals surface area contributed by atoms with Crippen LogP contribution in [0.1, 0.15) is 59.3 Å². The quantitative estimate of drug-likeness (QED) is 0.264. The molecule has 0 amide bonds. The van der Waals surface area contributed by atoms with Crippen molar-refractivity contribution in [2.45, 2.75) is 59.3 Å². The second-order valence-corrected chi connectivity index (χ2v) is 4.38. The fourth-order valence-corrected chi connectivity index (χ4v) is 1.42. The zero-order valence-electron chi connectivity index (χ0n) is 10.7. The molecule has 0 N–H and O–H groups in total. The average molecular weight is 225 g/mol. The molecule has 0 heterocycles. The van der Waals surface area contributed by atoms with E-state index < -0.39 is 0 Å². The Morgan fingerprint density at radius 1 is 1.00 bits per heavy atom. The maximum absolute atomic E-state index is 10.3. The lowest BCUT2D eigenvalue weighted by Gasteiger charge is -1.97. The minimum atomic E-state index is -0.325. The summed E-state index contributed by atoms with van der Waals surface area (Å²) in [5, 5.41) is 10.3. The van der Waals surface area contributed by atoms with Gasteiger partial charge in [0.15, 0.2) is 0 Å². The van der Waals surface area contributed by atoms with Crippen LogP contribution in [0.4, 0.5) is 0 Å². The third-order valence-electron chi connectivity index (χ3n) is 2.44. The Hall–Kier alpha value is -1.12. The Balaban J connectivity index is 3.38. The summed E-state index contributed by atoms with van der Waals surface area (Å²) < 4.78 is 0. The summed E-state index contributed by atoms with van der Waals surface area (Å²) in [4.78, 5) is 9.97. The first-order chi connectivity index (χ1) is 7.54. The fourth-order valence-electron chi connectivity index (χ4n) is 1.42. The highest BCUT2D eigenvalue weighted by atomic mass is 16.6. The van der Waals surface area contributed by atoms with Crippen molar-refractivity contribution in [3.8, 4) is 0 Å². The van der Waals surface area contributed by atoms with Gasteiger partial charge in [0.2, 0.25) is 5.70 Å². The Morgan fingerprint density at radius 2 is 1.50 bits per heavy atom. The molecule has 0 aromatic heterocycles. The summed E-state index contributed by atoms with van der Waals surface area (Å²) in [5.41, 5.74) is 1.65. The van der Waals surface area contributed by atoms with Gasteiger partial charge in [0, 0.05) is 6.92 Å². The summed E-state index contributed by atoms with van der Waals surface area (Å²) in [6, 6.07) is 0. The van der Waals surface area contributed by atoms with Crippen LogP contribution in [-0.2, 0) is 0 Å². The molecule has 0 aliphatic heterocycles. The largest absolute Gasteiger partial charge is 0.259 e. The van der Waals surface area contributed by atoms with Crippen LogP contribution in [-0.4, -0.2) is 4.92 Å². The Bertz CT molecular complexity index is 263. The van der Waals surface area contributed by atoms with Crippen molar-refractivity contribution in [3.05, 3.63) is 33.5 Å². The smallest absolute Gasteiger partial charge is 0.239 e. The van der Waals surface area contributed by atoms with Crippen molar-refractivity contribution in [1.29, 1.82) is 0 Å². The lowest BCUT2D eigenvalue weighted by atomic mass is 10.1. The molecule has 0 unspecified atom stereocenters. The number of hydrogen-bond acceptors (Lipinski definition) is 2. The summed E-state index contributed by atoms with van der Waals surface area (Å²) in [7, 11) is 0. The highest BCUT2D eigenvalue weighted by molar-refractivity contribution is 4.92. The van der Waals surface area contributed by atoms with Gasteiger partial charge in [0.25, 0.3) is 0 Å². The van der Waals surface area contributed by atoms with E-state index in [4.69, 9.17) is 0 Å². The topological polar surface area (TPSA) is 43.1 Å². The molecule has 16 heavy (non-hydrogen) atoms. The van der Waals surface area contributed by atoms with Crippen LogP contribution in [0.3, 0.4) is 0 Å². The van der Waals surface area contributed by atoms with Gasteiger partial charge in [-0.3, -0.25) is 10.1 Å². The highest BCUT2D eigenvalue weighted by Crippen LogP contribution is 2.08. The number of allylic oxidation sites excluding steroid dienone is 4. The Labute approximate surface area is 98.4 Å². The first-order valence-electron chi connectivity index (χ1n) is 5.98. The molecule has 0 bridgehead atoms. The van der Waals surface area contributed by atoms with Crippen molar-refractivity contribution < 1.29 is 4.92 Å². The molecule has 92 valence electrons. The summed E-state index contributed by atoms with van der Waals surface area (Å²) in [6.07, 6.45) is 10.6. The van der Waals surface area contributed by atoms with Crippen molar-refractivity contribution in [3.63, 3.8) is 0 Å². The van der Waals surface area contributed by atoms with Crippen LogP contribution in [0, 0.1) is 10.1 Å². The third kappa shape index (κ3) is 9.44. The van der Waals surface area contributed by atoms with Crippen molar-refractivity contribution in [2.75, 3.05) is 0 Å². The minimum Gasteiger partial charge on any atom is -0.259 e. The van der Waals surface area contributed by atoms with E-state index in [0.717, 1.165) is 25.7 Å². The zero-order chi connectivity index (χ0) is 12.4. The Kier molecular flexibility index (Phi) is 8.49. The number of unbranched alkanes of at least 4 members (excludes halogenated alkanes) is 5. The van der Waals surface area contributed by atoms with E-state index in [1.807, 2.05) is 0 Å². The summed E-state index contributed by atoms with van der Waals surface area (Å²) in [5.74, 6) is 0. The van der Waals surface area contributed by atoms with Crippen molar-refractivity contribution >= 4 is 0 Å². The van der Waals surface area contributed by atoms with Gasteiger partial charge >= 0.3 is 0 Å². The number of nitro groups is 1. The van der Waals surface area contributed by atoms with Gasteiger partial charge in [0.1, 0.15) is 0 Å². The first kappa shape index (κ1) is 14.9. The predicted molar refractivity (Wildman–Crippen MR) is 67.9 cm³/mol. The molecule has 0 aromatic carbocycles. The van der Waals surface area contributed by atoms with Gasteiger partial charge in [-0.1, -0.05) is 24.5 Å². The maximum atomic E-state index is 10.3. The minimum absolute atomic E-state index is 0.268. The second kappa shape index (κ2) is 9.13. The lowest BCUT2D eigenvalue weighted by molar-refractivity contribution is -0.424. The monoisotopic (exact) mass is 225 g/mol. The molecule has 0 rings (SSSR count). The van der Waals surface area contributed by atoms with Gasteiger partial charge in [-0.2, -0.15) is 0 Å². The van der Waals surface area contributed by atoms with Crippen LogP contribution in [0.2, 0.25) is 0 Å². The molecule has 3 nitrogen and oxygen atoms in total. The molecule has 0 fully saturated rings. The van der Waals surface area contributed by atoms with Crippen LogP contribution >= 0.6 is 0 Å². The molecule has 0 saturated heterocycles. The Morgan fingerprint density at radius 3 is 1.94 bits per heavy atom. The van der Waals surface area contributed by atoms with Crippen LogP contribution in [0.15, 0.2) is 23.4 Å². The first-order valence-corrected chi connectivity index (χ1v) is 5.98. The average Bonchev–Trinajstić information content (AvgIpc) is 2.21. The highest BCUT2D eigenvalue weighted by Gasteiger charge is 1.99. The van der Waals surface area contributed by atoms with Gasteiger partial charge in [-0.15, -0.1) is 0 Å². The standard InChI is InChI=1S/C13H23NO2/c1-12(2)10-8-6-4-5-7-9-11-13(3)14(15)16/h10-11H,4-9H2,1-3H3/b13-11+. The molecule has 0 radical (unpaired) electrons. The van der Waals surface area contributed by atoms with E-state index in [-0.39, 0.29) is 10.6 Å². The third-order valence-corrected chi connectivity index (χ3v) is 2.44. The summed E-state index contributed by atoms with van der Waals surface area (Å²) >= 11 is 0. The lowest BCUT2D eigenvalue weighted by Crippen LogP contribution is -1.92.